The second-order valence-electron chi connectivity index (χ2n) is 4.67. The number of carbonyl (C=O) groups excluding carboxylic acids is 1. The maximum atomic E-state index is 11.5. The van der Waals surface area contributed by atoms with Gasteiger partial charge in [0.2, 0.25) is 5.91 Å². The first-order chi connectivity index (χ1) is 6.34. The molecule has 3 heteroatoms. The summed E-state index contributed by atoms with van der Waals surface area (Å²) in [6.07, 6.45) is -0.0327. The Morgan fingerprint density at radius 1 is 1.43 bits per heavy atom. The van der Waals surface area contributed by atoms with Gasteiger partial charge in [-0.25, -0.2) is 0 Å². The Labute approximate surface area is 86.9 Å². The van der Waals surface area contributed by atoms with Crippen molar-refractivity contribution in [2.45, 2.75) is 47.1 Å². The van der Waals surface area contributed by atoms with E-state index < -0.39 is 6.10 Å². The molecule has 1 unspecified atom stereocenters. The van der Waals surface area contributed by atoms with E-state index in [1.807, 2.05) is 34.6 Å². The fourth-order valence-corrected chi connectivity index (χ4v) is 0.998. The second-order valence-corrected chi connectivity index (χ2v) is 4.67. The number of hydrogen-bond acceptors (Lipinski definition) is 2. The predicted octanol–water partition coefficient (Wildman–Crippen LogP) is 1.56. The summed E-state index contributed by atoms with van der Waals surface area (Å²) in [5, 5.41) is 12.5. The lowest BCUT2D eigenvalue weighted by Gasteiger charge is -2.33. The summed E-state index contributed by atoms with van der Waals surface area (Å²) >= 11 is 0. The van der Waals surface area contributed by atoms with E-state index in [1.54, 1.807) is 0 Å². The van der Waals surface area contributed by atoms with E-state index in [9.17, 15) is 9.90 Å². The number of rotatable bonds is 5. The molecule has 2 N–H and O–H groups in total. The monoisotopic (exact) mass is 201 g/mol. The van der Waals surface area contributed by atoms with E-state index in [4.69, 9.17) is 0 Å². The van der Waals surface area contributed by atoms with Crippen molar-refractivity contribution in [2.24, 2.45) is 11.3 Å². The van der Waals surface area contributed by atoms with Crippen molar-refractivity contribution in [1.29, 1.82) is 0 Å². The summed E-state index contributed by atoms with van der Waals surface area (Å²) < 4.78 is 0. The molecular weight excluding hydrogens is 178 g/mol. The maximum Gasteiger partial charge on any atom is 0.249 e. The standard InChI is InChI=1S/C11H23NO2/c1-6-7-12-10(14)9(13)11(4,5)8(2)3/h8-9,13H,6-7H2,1-5H3,(H,12,14). The molecule has 84 valence electrons. The zero-order chi connectivity index (χ0) is 11.4. The van der Waals surface area contributed by atoms with Gasteiger partial charge in [0.05, 0.1) is 0 Å². The lowest BCUT2D eigenvalue weighted by Crippen LogP contribution is -2.46. The average Bonchev–Trinajstić information content (AvgIpc) is 2.12. The Hall–Kier alpha value is -0.570. The zero-order valence-electron chi connectivity index (χ0n) is 9.92. The molecule has 1 atom stereocenters. The Kier molecular flexibility index (Phi) is 5.13. The van der Waals surface area contributed by atoms with Crippen LogP contribution in [0.3, 0.4) is 0 Å². The van der Waals surface area contributed by atoms with Gasteiger partial charge in [-0.05, 0) is 12.3 Å². The quantitative estimate of drug-likeness (QED) is 0.709. The summed E-state index contributed by atoms with van der Waals surface area (Å²) in [4.78, 5) is 11.5. The smallest absolute Gasteiger partial charge is 0.249 e. The number of carbonyl (C=O) groups is 1. The van der Waals surface area contributed by atoms with E-state index in [0.29, 0.717) is 6.54 Å². The molecule has 0 saturated carbocycles. The molecule has 0 aliphatic heterocycles. The van der Waals surface area contributed by atoms with Crippen molar-refractivity contribution in [3.05, 3.63) is 0 Å². The first-order valence-electron chi connectivity index (χ1n) is 5.29. The van der Waals surface area contributed by atoms with Crippen LogP contribution in [-0.4, -0.2) is 23.7 Å². The highest BCUT2D eigenvalue weighted by molar-refractivity contribution is 5.81. The van der Waals surface area contributed by atoms with Gasteiger partial charge in [0.1, 0.15) is 6.10 Å². The minimum atomic E-state index is -0.922. The zero-order valence-corrected chi connectivity index (χ0v) is 9.92. The van der Waals surface area contributed by atoms with Crippen LogP contribution in [0.4, 0.5) is 0 Å². The lowest BCUT2D eigenvalue weighted by molar-refractivity contribution is -0.137. The fraction of sp³-hybridized carbons (Fsp3) is 0.909. The molecule has 0 aromatic carbocycles. The van der Waals surface area contributed by atoms with E-state index in [-0.39, 0.29) is 17.2 Å². The van der Waals surface area contributed by atoms with Crippen LogP contribution in [-0.2, 0) is 4.79 Å². The van der Waals surface area contributed by atoms with Crippen molar-refractivity contribution in [2.75, 3.05) is 6.54 Å². The summed E-state index contributed by atoms with van der Waals surface area (Å²) in [7, 11) is 0. The van der Waals surface area contributed by atoms with Gasteiger partial charge >= 0.3 is 0 Å². The first kappa shape index (κ1) is 13.4. The Bertz CT molecular complexity index is 188. The maximum absolute atomic E-state index is 11.5. The van der Waals surface area contributed by atoms with Crippen LogP contribution in [0, 0.1) is 11.3 Å². The van der Waals surface area contributed by atoms with Gasteiger partial charge in [-0.15, -0.1) is 0 Å². The first-order valence-corrected chi connectivity index (χ1v) is 5.29. The van der Waals surface area contributed by atoms with Gasteiger partial charge in [-0.3, -0.25) is 4.79 Å². The molecule has 0 aromatic heterocycles. The number of hydrogen-bond donors (Lipinski definition) is 2. The fourth-order valence-electron chi connectivity index (χ4n) is 0.998. The van der Waals surface area contributed by atoms with Gasteiger partial charge in [0.25, 0.3) is 0 Å². The van der Waals surface area contributed by atoms with Crippen molar-refractivity contribution in [3.8, 4) is 0 Å². The highest BCUT2D eigenvalue weighted by Gasteiger charge is 2.35. The summed E-state index contributed by atoms with van der Waals surface area (Å²) in [6.45, 7) is 10.5. The van der Waals surface area contributed by atoms with Crippen LogP contribution in [0.5, 0.6) is 0 Å². The van der Waals surface area contributed by atoms with E-state index in [1.165, 1.54) is 0 Å². The minimum absolute atomic E-state index is 0.259. The summed E-state index contributed by atoms with van der Waals surface area (Å²) in [6, 6.07) is 0. The van der Waals surface area contributed by atoms with Gasteiger partial charge in [-0.2, -0.15) is 0 Å². The van der Waals surface area contributed by atoms with E-state index in [2.05, 4.69) is 5.32 Å². The van der Waals surface area contributed by atoms with Crippen LogP contribution >= 0.6 is 0 Å². The Morgan fingerprint density at radius 3 is 2.29 bits per heavy atom. The molecule has 14 heavy (non-hydrogen) atoms. The molecule has 0 spiro atoms. The van der Waals surface area contributed by atoms with Crippen LogP contribution < -0.4 is 5.32 Å². The lowest BCUT2D eigenvalue weighted by atomic mass is 9.76. The third kappa shape index (κ3) is 3.29. The highest BCUT2D eigenvalue weighted by Crippen LogP contribution is 2.30. The van der Waals surface area contributed by atoms with Gasteiger partial charge in [-0.1, -0.05) is 34.6 Å². The molecule has 3 nitrogen and oxygen atoms in total. The average molecular weight is 201 g/mol. The molecule has 0 aliphatic carbocycles. The Balaban J connectivity index is 4.30. The molecule has 0 heterocycles. The van der Waals surface area contributed by atoms with Gasteiger partial charge in [0, 0.05) is 12.0 Å². The van der Waals surface area contributed by atoms with Crippen LogP contribution in [0.25, 0.3) is 0 Å². The molecule has 0 rings (SSSR count). The largest absolute Gasteiger partial charge is 0.383 e. The van der Waals surface area contributed by atoms with E-state index >= 15 is 0 Å². The van der Waals surface area contributed by atoms with Crippen molar-refractivity contribution >= 4 is 5.91 Å². The summed E-state index contributed by atoms with van der Waals surface area (Å²) in [5.41, 5.74) is -0.377. The molecule has 0 bridgehead atoms. The third-order valence-electron chi connectivity index (χ3n) is 2.99. The molecule has 0 fully saturated rings. The molecule has 0 aliphatic rings. The minimum Gasteiger partial charge on any atom is -0.383 e. The molecule has 0 aromatic rings. The van der Waals surface area contributed by atoms with Crippen LogP contribution in [0.15, 0.2) is 0 Å². The van der Waals surface area contributed by atoms with Crippen LogP contribution in [0.2, 0.25) is 0 Å². The number of aliphatic hydroxyl groups excluding tert-OH is 1. The second kappa shape index (κ2) is 5.35. The van der Waals surface area contributed by atoms with Crippen molar-refractivity contribution < 1.29 is 9.90 Å². The molecule has 0 radical (unpaired) electrons. The van der Waals surface area contributed by atoms with Gasteiger partial charge < -0.3 is 10.4 Å². The number of nitrogens with one attached hydrogen (secondary N) is 1. The van der Waals surface area contributed by atoms with E-state index in [0.717, 1.165) is 6.42 Å². The number of amides is 1. The summed E-state index contributed by atoms with van der Waals surface area (Å²) in [5.74, 6) is 0.00965. The SMILES string of the molecule is CCCNC(=O)C(O)C(C)(C)C(C)C. The van der Waals surface area contributed by atoms with Crippen molar-refractivity contribution in [1.82, 2.24) is 5.32 Å². The topological polar surface area (TPSA) is 49.3 Å². The normalized spacial score (nSPS) is 14.2. The number of aliphatic hydroxyl groups is 1. The van der Waals surface area contributed by atoms with Gasteiger partial charge in [0.15, 0.2) is 0 Å². The molecule has 0 saturated heterocycles. The third-order valence-corrected chi connectivity index (χ3v) is 2.99. The molecular formula is C11H23NO2. The van der Waals surface area contributed by atoms with Crippen LogP contribution in [0.1, 0.15) is 41.0 Å². The predicted molar refractivity (Wildman–Crippen MR) is 57.9 cm³/mol. The van der Waals surface area contributed by atoms with Crippen molar-refractivity contribution in [3.63, 3.8) is 0 Å². The highest BCUT2D eigenvalue weighted by atomic mass is 16.3. The molecule has 1 amide bonds. The Morgan fingerprint density at radius 2 is 1.93 bits per heavy atom.